The van der Waals surface area contributed by atoms with Crippen LogP contribution in [0.3, 0.4) is 0 Å². The van der Waals surface area contributed by atoms with Gasteiger partial charge in [0.2, 0.25) is 15.7 Å². The van der Waals surface area contributed by atoms with Crippen molar-refractivity contribution in [2.45, 2.75) is 4.90 Å². The highest BCUT2D eigenvalue weighted by molar-refractivity contribution is 7.91. The standard InChI is InChI=1S/C9H9ClFNO3S/c10-5-9(13)12-7-2-1-3-8(4-7)16(14,15)6-11/h1-4H,5-6H2,(H,12,13). The van der Waals surface area contributed by atoms with Crippen LogP contribution in [0.4, 0.5) is 10.1 Å². The molecule has 1 aromatic rings. The Hall–Kier alpha value is -1.14. The van der Waals surface area contributed by atoms with Crippen molar-refractivity contribution in [3.8, 4) is 0 Å². The third kappa shape index (κ3) is 3.18. The normalized spacial score (nSPS) is 11.1. The fraction of sp³-hybridized carbons (Fsp3) is 0.222. The number of hydrogen-bond acceptors (Lipinski definition) is 3. The second-order valence-corrected chi connectivity index (χ2v) is 5.12. The number of alkyl halides is 2. The zero-order valence-electron chi connectivity index (χ0n) is 8.11. The lowest BCUT2D eigenvalue weighted by atomic mass is 10.3. The van der Waals surface area contributed by atoms with Crippen molar-refractivity contribution in [2.75, 3.05) is 17.2 Å². The van der Waals surface area contributed by atoms with Crippen molar-refractivity contribution in [1.29, 1.82) is 0 Å². The van der Waals surface area contributed by atoms with Crippen molar-refractivity contribution < 1.29 is 17.6 Å². The van der Waals surface area contributed by atoms with Gasteiger partial charge >= 0.3 is 0 Å². The van der Waals surface area contributed by atoms with Crippen LogP contribution >= 0.6 is 11.6 Å². The smallest absolute Gasteiger partial charge is 0.239 e. The predicted octanol–water partition coefficient (Wildman–Crippen LogP) is 1.56. The van der Waals surface area contributed by atoms with Crippen LogP contribution in [-0.4, -0.2) is 26.2 Å². The summed E-state index contributed by atoms with van der Waals surface area (Å²) in [7, 11) is -3.91. The third-order valence-electron chi connectivity index (χ3n) is 1.74. The molecule has 7 heteroatoms. The maximum atomic E-state index is 12.2. The number of hydrogen-bond donors (Lipinski definition) is 1. The van der Waals surface area contributed by atoms with Crippen LogP contribution < -0.4 is 5.32 Å². The second kappa shape index (κ2) is 5.27. The summed E-state index contributed by atoms with van der Waals surface area (Å²) in [5, 5.41) is 2.37. The van der Waals surface area contributed by atoms with Gasteiger partial charge in [-0.1, -0.05) is 6.07 Å². The number of sulfone groups is 1. The number of carbonyl (C=O) groups excluding carboxylic acids is 1. The lowest BCUT2D eigenvalue weighted by molar-refractivity contribution is -0.113. The fourth-order valence-corrected chi connectivity index (χ4v) is 1.81. The monoisotopic (exact) mass is 265 g/mol. The van der Waals surface area contributed by atoms with Crippen LogP contribution in [0.25, 0.3) is 0 Å². The SMILES string of the molecule is O=C(CCl)Nc1cccc(S(=O)(=O)CF)c1. The van der Waals surface area contributed by atoms with E-state index in [2.05, 4.69) is 5.32 Å². The van der Waals surface area contributed by atoms with E-state index in [-0.39, 0.29) is 16.5 Å². The molecule has 1 amide bonds. The first-order chi connectivity index (χ1) is 7.49. The van der Waals surface area contributed by atoms with E-state index in [0.717, 1.165) is 0 Å². The first-order valence-corrected chi connectivity index (χ1v) is 6.43. The molecule has 16 heavy (non-hydrogen) atoms. The minimum atomic E-state index is -3.91. The van der Waals surface area contributed by atoms with E-state index in [0.29, 0.717) is 0 Å². The number of carbonyl (C=O) groups is 1. The van der Waals surface area contributed by atoms with Crippen LogP contribution in [0.5, 0.6) is 0 Å². The van der Waals surface area contributed by atoms with Gasteiger partial charge in [0.1, 0.15) is 5.88 Å². The Morgan fingerprint density at radius 1 is 1.44 bits per heavy atom. The first kappa shape index (κ1) is 12.9. The van der Waals surface area contributed by atoms with Crippen LogP contribution in [-0.2, 0) is 14.6 Å². The largest absolute Gasteiger partial charge is 0.325 e. The van der Waals surface area contributed by atoms with Crippen molar-refractivity contribution in [1.82, 2.24) is 0 Å². The molecule has 0 saturated carbocycles. The summed E-state index contributed by atoms with van der Waals surface area (Å²) in [4.78, 5) is 10.8. The minimum absolute atomic E-state index is 0.178. The topological polar surface area (TPSA) is 63.2 Å². The van der Waals surface area contributed by atoms with E-state index < -0.39 is 21.8 Å². The highest BCUT2D eigenvalue weighted by Crippen LogP contribution is 2.16. The highest BCUT2D eigenvalue weighted by atomic mass is 35.5. The molecule has 0 heterocycles. The summed E-state index contributed by atoms with van der Waals surface area (Å²) in [5.41, 5.74) is 0.264. The van der Waals surface area contributed by atoms with E-state index in [9.17, 15) is 17.6 Å². The maximum Gasteiger partial charge on any atom is 0.239 e. The summed E-state index contributed by atoms with van der Waals surface area (Å²) < 4.78 is 34.6. The Balaban J connectivity index is 3.00. The van der Waals surface area contributed by atoms with Crippen molar-refractivity contribution in [3.05, 3.63) is 24.3 Å². The average Bonchev–Trinajstić information content (AvgIpc) is 2.29. The van der Waals surface area contributed by atoms with E-state index in [1.54, 1.807) is 0 Å². The van der Waals surface area contributed by atoms with Crippen molar-refractivity contribution in [2.24, 2.45) is 0 Å². The van der Waals surface area contributed by atoms with Crippen LogP contribution in [0.2, 0.25) is 0 Å². The summed E-state index contributed by atoms with van der Waals surface area (Å²) in [5.74, 6) is -0.698. The minimum Gasteiger partial charge on any atom is -0.325 e. The van der Waals surface area contributed by atoms with E-state index in [1.807, 2.05) is 0 Å². The molecular weight excluding hydrogens is 257 g/mol. The lowest BCUT2D eigenvalue weighted by Crippen LogP contribution is -2.13. The summed E-state index contributed by atoms with van der Waals surface area (Å²) in [6.45, 7) is 0. The van der Waals surface area contributed by atoms with Gasteiger partial charge in [-0.2, -0.15) is 0 Å². The molecule has 0 saturated heterocycles. The molecule has 0 fully saturated rings. The lowest BCUT2D eigenvalue weighted by Gasteiger charge is -2.05. The zero-order chi connectivity index (χ0) is 12.2. The van der Waals surface area contributed by atoms with Crippen LogP contribution in [0.1, 0.15) is 0 Å². The number of nitrogens with one attached hydrogen (secondary N) is 1. The first-order valence-electron chi connectivity index (χ1n) is 4.24. The molecule has 0 aliphatic heterocycles. The van der Waals surface area contributed by atoms with Gasteiger partial charge in [0.15, 0.2) is 6.01 Å². The Bertz CT molecular complexity index is 489. The highest BCUT2D eigenvalue weighted by Gasteiger charge is 2.14. The molecule has 0 aliphatic rings. The molecule has 0 bridgehead atoms. The third-order valence-corrected chi connectivity index (χ3v) is 3.24. The van der Waals surface area contributed by atoms with E-state index in [4.69, 9.17) is 11.6 Å². The maximum absolute atomic E-state index is 12.2. The predicted molar refractivity (Wildman–Crippen MR) is 59.0 cm³/mol. The molecule has 0 radical (unpaired) electrons. The summed E-state index contributed by atoms with van der Waals surface area (Å²) in [6.07, 6.45) is 0. The molecule has 88 valence electrons. The summed E-state index contributed by atoms with van der Waals surface area (Å²) >= 11 is 5.27. The molecule has 1 N–H and O–H groups in total. The fourth-order valence-electron chi connectivity index (χ4n) is 1.02. The van der Waals surface area contributed by atoms with Gasteiger partial charge in [-0.15, -0.1) is 11.6 Å². The number of rotatable bonds is 4. The molecule has 0 spiro atoms. The number of benzene rings is 1. The Morgan fingerprint density at radius 2 is 2.12 bits per heavy atom. The molecule has 1 rings (SSSR count). The average molecular weight is 266 g/mol. The van der Waals surface area contributed by atoms with Gasteiger partial charge in [0, 0.05) is 5.69 Å². The molecule has 0 unspecified atom stereocenters. The van der Waals surface area contributed by atoms with Gasteiger partial charge in [-0.3, -0.25) is 4.79 Å². The van der Waals surface area contributed by atoms with Gasteiger partial charge in [-0.25, -0.2) is 12.8 Å². The zero-order valence-corrected chi connectivity index (χ0v) is 9.68. The Labute approximate surface area is 97.3 Å². The van der Waals surface area contributed by atoms with Crippen LogP contribution in [0, 0.1) is 0 Å². The van der Waals surface area contributed by atoms with Crippen LogP contribution in [0.15, 0.2) is 29.2 Å². The molecule has 0 atom stereocenters. The Kier molecular flexibility index (Phi) is 4.26. The van der Waals surface area contributed by atoms with Crippen molar-refractivity contribution in [3.63, 3.8) is 0 Å². The van der Waals surface area contributed by atoms with Gasteiger partial charge in [0.05, 0.1) is 4.90 Å². The van der Waals surface area contributed by atoms with Crippen molar-refractivity contribution >= 4 is 33.0 Å². The van der Waals surface area contributed by atoms with E-state index in [1.165, 1.54) is 24.3 Å². The molecule has 0 aliphatic carbocycles. The quantitative estimate of drug-likeness (QED) is 0.841. The number of anilines is 1. The number of amides is 1. The Morgan fingerprint density at radius 3 is 2.69 bits per heavy atom. The number of halogens is 2. The van der Waals surface area contributed by atoms with Gasteiger partial charge in [-0.05, 0) is 18.2 Å². The van der Waals surface area contributed by atoms with E-state index >= 15 is 0 Å². The van der Waals surface area contributed by atoms with Gasteiger partial charge in [0.25, 0.3) is 0 Å². The molecule has 1 aromatic carbocycles. The van der Waals surface area contributed by atoms with Gasteiger partial charge < -0.3 is 5.32 Å². The molecule has 0 aromatic heterocycles. The summed E-state index contributed by atoms with van der Waals surface area (Å²) in [6, 6.07) is 3.86. The second-order valence-electron chi connectivity index (χ2n) is 2.93. The molecular formula is C9H9ClFNO3S. The molecule has 4 nitrogen and oxygen atoms in total.